The third kappa shape index (κ3) is 3.81. The number of hydrogen-bond donors (Lipinski definition) is 1. The summed E-state index contributed by atoms with van der Waals surface area (Å²) in [4.78, 5) is 2.35. The number of hydrogen-bond acceptors (Lipinski definition) is 2. The van der Waals surface area contributed by atoms with E-state index in [1.807, 2.05) is 6.92 Å². The van der Waals surface area contributed by atoms with Gasteiger partial charge in [0, 0.05) is 18.8 Å². The predicted octanol–water partition coefficient (Wildman–Crippen LogP) is 2.89. The van der Waals surface area contributed by atoms with Crippen LogP contribution in [0.3, 0.4) is 0 Å². The third-order valence-electron chi connectivity index (χ3n) is 2.83. The molecule has 0 bridgehead atoms. The van der Waals surface area contributed by atoms with Crippen LogP contribution in [0.5, 0.6) is 0 Å². The first kappa shape index (κ1) is 13.0. The van der Waals surface area contributed by atoms with Gasteiger partial charge in [0.15, 0.2) is 0 Å². The molecule has 0 aliphatic rings. The Morgan fingerprint density at radius 2 is 1.94 bits per heavy atom. The summed E-state index contributed by atoms with van der Waals surface area (Å²) in [6.07, 6.45) is 0. The van der Waals surface area contributed by atoms with Crippen molar-refractivity contribution in [2.45, 2.75) is 20.8 Å². The van der Waals surface area contributed by atoms with Crippen LogP contribution in [0.4, 0.5) is 10.1 Å². The van der Waals surface area contributed by atoms with Crippen LogP contribution < -0.4 is 5.32 Å². The zero-order valence-electron chi connectivity index (χ0n) is 10.4. The maximum atomic E-state index is 12.9. The highest BCUT2D eigenvalue weighted by atomic mass is 19.1. The molecular weight excluding hydrogens is 203 g/mol. The quantitative estimate of drug-likeness (QED) is 0.799. The summed E-state index contributed by atoms with van der Waals surface area (Å²) in [6.45, 7) is 10.3. The van der Waals surface area contributed by atoms with Crippen LogP contribution in [0.1, 0.15) is 19.4 Å². The van der Waals surface area contributed by atoms with Gasteiger partial charge in [0.05, 0.1) is 0 Å². The molecule has 3 heteroatoms. The summed E-state index contributed by atoms with van der Waals surface area (Å²) in [7, 11) is 0. The molecule has 1 aromatic rings. The Hall–Kier alpha value is -1.09. The molecule has 0 atom stereocenters. The van der Waals surface area contributed by atoms with Crippen molar-refractivity contribution in [1.82, 2.24) is 4.90 Å². The second-order valence-electron chi connectivity index (χ2n) is 3.91. The van der Waals surface area contributed by atoms with E-state index in [0.717, 1.165) is 37.4 Å². The van der Waals surface area contributed by atoms with Crippen molar-refractivity contribution in [3.8, 4) is 0 Å². The van der Waals surface area contributed by atoms with E-state index in [1.165, 1.54) is 6.07 Å². The average Bonchev–Trinajstić information content (AvgIpc) is 2.27. The Morgan fingerprint density at radius 1 is 1.25 bits per heavy atom. The van der Waals surface area contributed by atoms with E-state index in [0.29, 0.717) is 0 Å². The maximum Gasteiger partial charge on any atom is 0.123 e. The van der Waals surface area contributed by atoms with Gasteiger partial charge in [0.25, 0.3) is 0 Å². The van der Waals surface area contributed by atoms with Crippen molar-refractivity contribution in [2.24, 2.45) is 0 Å². The Labute approximate surface area is 97.5 Å². The van der Waals surface area contributed by atoms with E-state index in [1.54, 1.807) is 12.1 Å². The smallest absolute Gasteiger partial charge is 0.123 e. The van der Waals surface area contributed by atoms with Crippen molar-refractivity contribution in [2.75, 3.05) is 31.5 Å². The first-order chi connectivity index (χ1) is 7.67. The number of aryl methyl sites for hydroxylation is 1. The Kier molecular flexibility index (Phi) is 5.26. The highest BCUT2D eigenvalue weighted by Crippen LogP contribution is 2.15. The Morgan fingerprint density at radius 3 is 2.50 bits per heavy atom. The zero-order valence-corrected chi connectivity index (χ0v) is 10.4. The van der Waals surface area contributed by atoms with Crippen molar-refractivity contribution in [1.29, 1.82) is 0 Å². The summed E-state index contributed by atoms with van der Waals surface area (Å²) in [5.74, 6) is -0.174. The van der Waals surface area contributed by atoms with E-state index in [9.17, 15) is 4.39 Å². The highest BCUT2D eigenvalue weighted by Gasteiger charge is 2.01. The summed E-state index contributed by atoms with van der Waals surface area (Å²) in [6, 6.07) is 4.85. The van der Waals surface area contributed by atoms with Gasteiger partial charge in [-0.1, -0.05) is 13.8 Å². The van der Waals surface area contributed by atoms with Crippen molar-refractivity contribution >= 4 is 5.69 Å². The molecule has 1 aromatic carbocycles. The Balaban J connectivity index is 2.42. The highest BCUT2D eigenvalue weighted by molar-refractivity contribution is 5.50. The van der Waals surface area contributed by atoms with Gasteiger partial charge >= 0.3 is 0 Å². The van der Waals surface area contributed by atoms with Gasteiger partial charge in [0.2, 0.25) is 0 Å². The van der Waals surface area contributed by atoms with Crippen molar-refractivity contribution in [3.05, 3.63) is 29.6 Å². The minimum Gasteiger partial charge on any atom is -0.384 e. The lowest BCUT2D eigenvalue weighted by Gasteiger charge is -2.19. The first-order valence-electron chi connectivity index (χ1n) is 5.89. The fraction of sp³-hybridized carbons (Fsp3) is 0.538. The lowest BCUT2D eigenvalue weighted by molar-refractivity contribution is 0.316. The van der Waals surface area contributed by atoms with Crippen LogP contribution in [-0.2, 0) is 0 Å². The van der Waals surface area contributed by atoms with Gasteiger partial charge in [-0.15, -0.1) is 0 Å². The van der Waals surface area contributed by atoms with Crippen LogP contribution >= 0.6 is 0 Å². The Bertz CT molecular complexity index is 322. The SMILES string of the molecule is CCN(CC)CCNc1ccc(F)cc1C. The van der Waals surface area contributed by atoms with Gasteiger partial charge in [-0.2, -0.15) is 0 Å². The number of benzene rings is 1. The van der Waals surface area contributed by atoms with E-state index in [4.69, 9.17) is 0 Å². The van der Waals surface area contributed by atoms with Gasteiger partial charge in [-0.05, 0) is 43.8 Å². The standard InChI is InChI=1S/C13H21FN2/c1-4-16(5-2)9-8-15-13-7-6-12(14)10-11(13)3/h6-7,10,15H,4-5,8-9H2,1-3H3. The number of nitrogens with zero attached hydrogens (tertiary/aromatic N) is 1. The molecule has 0 aromatic heterocycles. The molecule has 0 spiro atoms. The first-order valence-corrected chi connectivity index (χ1v) is 5.89. The zero-order chi connectivity index (χ0) is 12.0. The molecule has 90 valence electrons. The van der Waals surface area contributed by atoms with Crippen LogP contribution in [0.25, 0.3) is 0 Å². The molecule has 0 fully saturated rings. The second-order valence-corrected chi connectivity index (χ2v) is 3.91. The minimum atomic E-state index is -0.174. The van der Waals surface area contributed by atoms with E-state index in [2.05, 4.69) is 24.1 Å². The fourth-order valence-corrected chi connectivity index (χ4v) is 1.71. The van der Waals surface area contributed by atoms with Gasteiger partial charge in [-0.25, -0.2) is 4.39 Å². The molecule has 1 N–H and O–H groups in total. The topological polar surface area (TPSA) is 15.3 Å². The monoisotopic (exact) mass is 224 g/mol. The number of halogens is 1. The third-order valence-corrected chi connectivity index (χ3v) is 2.83. The number of likely N-dealkylation sites (N-methyl/N-ethyl adjacent to an activating group) is 1. The number of nitrogens with one attached hydrogen (secondary N) is 1. The van der Waals surface area contributed by atoms with Crippen molar-refractivity contribution in [3.63, 3.8) is 0 Å². The van der Waals surface area contributed by atoms with Crippen LogP contribution in [0, 0.1) is 12.7 Å². The number of rotatable bonds is 6. The summed E-state index contributed by atoms with van der Waals surface area (Å²) >= 11 is 0. The van der Waals surface area contributed by atoms with Gasteiger partial charge in [0.1, 0.15) is 5.82 Å². The largest absolute Gasteiger partial charge is 0.384 e. The summed E-state index contributed by atoms with van der Waals surface area (Å²) < 4.78 is 12.9. The maximum absolute atomic E-state index is 12.9. The van der Waals surface area contributed by atoms with Crippen LogP contribution in [-0.4, -0.2) is 31.1 Å². The normalized spacial score (nSPS) is 10.8. The second kappa shape index (κ2) is 6.48. The number of anilines is 1. The molecule has 0 saturated heterocycles. The lowest BCUT2D eigenvalue weighted by Crippen LogP contribution is -2.28. The van der Waals surface area contributed by atoms with Gasteiger partial charge in [-0.3, -0.25) is 0 Å². The van der Waals surface area contributed by atoms with Crippen molar-refractivity contribution < 1.29 is 4.39 Å². The van der Waals surface area contributed by atoms with Gasteiger partial charge < -0.3 is 10.2 Å². The molecule has 0 heterocycles. The van der Waals surface area contributed by atoms with Crippen LogP contribution in [0.15, 0.2) is 18.2 Å². The lowest BCUT2D eigenvalue weighted by atomic mass is 10.2. The molecule has 0 aliphatic carbocycles. The van der Waals surface area contributed by atoms with E-state index < -0.39 is 0 Å². The molecule has 0 unspecified atom stereocenters. The summed E-state index contributed by atoms with van der Waals surface area (Å²) in [5.41, 5.74) is 1.98. The minimum absolute atomic E-state index is 0.174. The van der Waals surface area contributed by atoms with E-state index in [-0.39, 0.29) is 5.82 Å². The predicted molar refractivity (Wildman–Crippen MR) is 67.4 cm³/mol. The molecule has 0 aliphatic heterocycles. The van der Waals surface area contributed by atoms with Crippen LogP contribution in [0.2, 0.25) is 0 Å². The van der Waals surface area contributed by atoms with E-state index >= 15 is 0 Å². The fourth-order valence-electron chi connectivity index (χ4n) is 1.71. The molecule has 16 heavy (non-hydrogen) atoms. The molecule has 1 rings (SSSR count). The molecule has 0 radical (unpaired) electrons. The molecule has 0 amide bonds. The average molecular weight is 224 g/mol. The molecule has 2 nitrogen and oxygen atoms in total. The summed E-state index contributed by atoms with van der Waals surface area (Å²) in [5, 5.41) is 3.33. The molecule has 0 saturated carbocycles. The molecular formula is C13H21FN2.